The van der Waals surface area contributed by atoms with Crippen molar-refractivity contribution in [3.05, 3.63) is 29.3 Å². The summed E-state index contributed by atoms with van der Waals surface area (Å²) in [5, 5.41) is 8.94. The Bertz CT molecular complexity index is 524. The number of nitrogens with zero attached hydrogens (tertiary/aromatic N) is 1. The van der Waals surface area contributed by atoms with Crippen molar-refractivity contribution in [2.24, 2.45) is 0 Å². The minimum Gasteiger partial charge on any atom is -0.478 e. The Morgan fingerprint density at radius 2 is 1.95 bits per heavy atom. The predicted molar refractivity (Wildman–Crippen MR) is 79.3 cm³/mol. The second-order valence-corrected chi connectivity index (χ2v) is 6.49. The van der Waals surface area contributed by atoms with Gasteiger partial charge in [-0.3, -0.25) is 4.79 Å². The largest absolute Gasteiger partial charge is 0.478 e. The Hall–Kier alpha value is -1.49. The summed E-state index contributed by atoms with van der Waals surface area (Å²) in [4.78, 5) is 26.1. The third-order valence-corrected chi connectivity index (χ3v) is 4.60. The van der Waals surface area contributed by atoms with Crippen LogP contribution in [0.5, 0.6) is 0 Å². The normalized spacial score (nSPS) is 16.2. The molecule has 1 heterocycles. The lowest BCUT2D eigenvalue weighted by molar-refractivity contribution is -0.129. The molecular formula is C15H19NO3S. The zero-order valence-electron chi connectivity index (χ0n) is 11.8. The number of likely N-dealkylation sites (tertiary alicyclic amines) is 1. The molecule has 1 atom stereocenters. The molecule has 0 bridgehead atoms. The Morgan fingerprint density at radius 1 is 1.30 bits per heavy atom. The average molecular weight is 293 g/mol. The fraction of sp³-hybridized carbons (Fsp3) is 0.467. The summed E-state index contributed by atoms with van der Waals surface area (Å²) < 4.78 is 0. The predicted octanol–water partition coefficient (Wildman–Crippen LogP) is 2.80. The first-order chi connectivity index (χ1) is 9.49. The van der Waals surface area contributed by atoms with Crippen LogP contribution in [0.4, 0.5) is 0 Å². The molecule has 1 saturated heterocycles. The van der Waals surface area contributed by atoms with Crippen LogP contribution < -0.4 is 0 Å². The molecule has 1 aliphatic heterocycles. The van der Waals surface area contributed by atoms with Crippen LogP contribution in [0.15, 0.2) is 23.1 Å². The van der Waals surface area contributed by atoms with Gasteiger partial charge in [0.2, 0.25) is 5.91 Å². The molecule has 20 heavy (non-hydrogen) atoms. The van der Waals surface area contributed by atoms with E-state index in [4.69, 9.17) is 5.11 Å². The number of amides is 1. The van der Waals surface area contributed by atoms with Crippen molar-refractivity contribution in [2.75, 3.05) is 13.1 Å². The summed E-state index contributed by atoms with van der Waals surface area (Å²) in [6.45, 7) is 5.35. The van der Waals surface area contributed by atoms with Crippen molar-refractivity contribution in [1.82, 2.24) is 4.90 Å². The number of rotatable bonds is 4. The van der Waals surface area contributed by atoms with E-state index >= 15 is 0 Å². The number of benzene rings is 1. The molecule has 0 saturated carbocycles. The van der Waals surface area contributed by atoms with Crippen LogP contribution in [0, 0.1) is 6.92 Å². The fourth-order valence-electron chi connectivity index (χ4n) is 2.35. The Morgan fingerprint density at radius 3 is 2.55 bits per heavy atom. The van der Waals surface area contributed by atoms with Gasteiger partial charge < -0.3 is 10.0 Å². The third kappa shape index (κ3) is 3.33. The summed E-state index contributed by atoms with van der Waals surface area (Å²) in [6.07, 6.45) is 2.16. The van der Waals surface area contributed by atoms with E-state index < -0.39 is 5.97 Å². The molecule has 4 nitrogen and oxygen atoms in total. The molecule has 0 aromatic heterocycles. The maximum atomic E-state index is 12.2. The SMILES string of the molecule is Cc1ccc(SC(C)C(=O)N2CCCC2)cc1C(=O)O. The highest BCUT2D eigenvalue weighted by atomic mass is 32.2. The molecule has 0 aliphatic carbocycles. The second kappa shape index (κ2) is 6.31. The fourth-order valence-corrected chi connectivity index (χ4v) is 3.34. The molecule has 108 valence electrons. The van der Waals surface area contributed by atoms with Gasteiger partial charge in [0.1, 0.15) is 0 Å². The van der Waals surface area contributed by atoms with E-state index in [0.717, 1.165) is 36.4 Å². The lowest BCUT2D eigenvalue weighted by atomic mass is 10.1. The third-order valence-electron chi connectivity index (χ3n) is 3.52. The van der Waals surface area contributed by atoms with Crippen molar-refractivity contribution in [3.8, 4) is 0 Å². The van der Waals surface area contributed by atoms with Crippen LogP contribution in [0.3, 0.4) is 0 Å². The number of hydrogen-bond donors (Lipinski definition) is 1. The van der Waals surface area contributed by atoms with E-state index in [1.807, 2.05) is 17.9 Å². The zero-order chi connectivity index (χ0) is 14.7. The van der Waals surface area contributed by atoms with Gasteiger partial charge in [-0.05, 0) is 44.4 Å². The number of carbonyl (C=O) groups is 2. The van der Waals surface area contributed by atoms with Crippen LogP contribution in [0.1, 0.15) is 35.7 Å². The number of carbonyl (C=O) groups excluding carboxylic acids is 1. The Kier molecular flexibility index (Phi) is 4.70. The van der Waals surface area contributed by atoms with Gasteiger partial charge in [0, 0.05) is 18.0 Å². The molecule has 1 N–H and O–H groups in total. The van der Waals surface area contributed by atoms with Crippen molar-refractivity contribution < 1.29 is 14.7 Å². The number of carboxylic acid groups (broad SMARTS) is 1. The molecule has 0 spiro atoms. The molecule has 1 amide bonds. The molecule has 1 aromatic carbocycles. The van der Waals surface area contributed by atoms with Crippen LogP contribution in [0.25, 0.3) is 0 Å². The van der Waals surface area contributed by atoms with Crippen molar-refractivity contribution in [3.63, 3.8) is 0 Å². The maximum Gasteiger partial charge on any atom is 0.335 e. The molecule has 5 heteroatoms. The summed E-state index contributed by atoms with van der Waals surface area (Å²) in [7, 11) is 0. The Labute approximate surface area is 123 Å². The highest BCUT2D eigenvalue weighted by molar-refractivity contribution is 8.00. The number of aryl methyl sites for hydroxylation is 1. The Balaban J connectivity index is 2.07. The van der Waals surface area contributed by atoms with Gasteiger partial charge in [0.05, 0.1) is 10.8 Å². The van der Waals surface area contributed by atoms with E-state index in [2.05, 4.69) is 0 Å². The molecule has 1 fully saturated rings. The minimum atomic E-state index is -0.927. The van der Waals surface area contributed by atoms with E-state index in [9.17, 15) is 9.59 Å². The summed E-state index contributed by atoms with van der Waals surface area (Å²) in [6, 6.07) is 5.31. The molecule has 1 aromatic rings. The smallest absolute Gasteiger partial charge is 0.335 e. The average Bonchev–Trinajstić information content (AvgIpc) is 2.93. The molecule has 0 radical (unpaired) electrons. The number of aromatic carboxylic acids is 1. The zero-order valence-corrected chi connectivity index (χ0v) is 12.6. The molecule has 2 rings (SSSR count). The van der Waals surface area contributed by atoms with E-state index in [1.165, 1.54) is 11.8 Å². The van der Waals surface area contributed by atoms with Crippen molar-refractivity contribution in [1.29, 1.82) is 0 Å². The van der Waals surface area contributed by atoms with Crippen LogP contribution in [0.2, 0.25) is 0 Å². The van der Waals surface area contributed by atoms with Crippen LogP contribution in [-0.2, 0) is 4.79 Å². The number of carboxylic acids is 1. The lowest BCUT2D eigenvalue weighted by Crippen LogP contribution is -2.34. The quantitative estimate of drug-likeness (QED) is 0.867. The second-order valence-electron chi connectivity index (χ2n) is 5.07. The standard InChI is InChI=1S/C15H19NO3S/c1-10-5-6-12(9-13(10)15(18)19)20-11(2)14(17)16-7-3-4-8-16/h5-6,9,11H,3-4,7-8H2,1-2H3,(H,18,19). The molecule has 1 unspecified atom stereocenters. The van der Waals surface area contributed by atoms with Gasteiger partial charge in [-0.25, -0.2) is 4.79 Å². The summed E-state index contributed by atoms with van der Waals surface area (Å²) in [5.41, 5.74) is 1.04. The highest BCUT2D eigenvalue weighted by Gasteiger charge is 2.24. The monoisotopic (exact) mass is 293 g/mol. The maximum absolute atomic E-state index is 12.2. The first-order valence-corrected chi connectivity index (χ1v) is 7.66. The molecular weight excluding hydrogens is 274 g/mol. The molecule has 1 aliphatic rings. The van der Waals surface area contributed by atoms with Gasteiger partial charge in [0.15, 0.2) is 0 Å². The number of thioether (sulfide) groups is 1. The lowest BCUT2D eigenvalue weighted by Gasteiger charge is -2.20. The van der Waals surface area contributed by atoms with E-state index in [-0.39, 0.29) is 11.2 Å². The van der Waals surface area contributed by atoms with Gasteiger partial charge in [-0.15, -0.1) is 11.8 Å². The van der Waals surface area contributed by atoms with Gasteiger partial charge in [0.25, 0.3) is 0 Å². The van der Waals surface area contributed by atoms with Crippen LogP contribution in [-0.4, -0.2) is 40.2 Å². The summed E-state index contributed by atoms with van der Waals surface area (Å²) in [5.74, 6) is -0.784. The van der Waals surface area contributed by atoms with Crippen molar-refractivity contribution in [2.45, 2.75) is 36.8 Å². The number of hydrogen-bond acceptors (Lipinski definition) is 3. The first-order valence-electron chi connectivity index (χ1n) is 6.78. The van der Waals surface area contributed by atoms with Crippen molar-refractivity contribution >= 4 is 23.6 Å². The van der Waals surface area contributed by atoms with Gasteiger partial charge in [-0.1, -0.05) is 6.07 Å². The first kappa shape index (κ1) is 14.9. The summed E-state index contributed by atoms with van der Waals surface area (Å²) >= 11 is 1.42. The minimum absolute atomic E-state index is 0.143. The van der Waals surface area contributed by atoms with Crippen LogP contribution >= 0.6 is 11.8 Å². The van der Waals surface area contributed by atoms with Gasteiger partial charge in [-0.2, -0.15) is 0 Å². The van der Waals surface area contributed by atoms with E-state index in [1.54, 1.807) is 19.1 Å². The highest BCUT2D eigenvalue weighted by Crippen LogP contribution is 2.27. The van der Waals surface area contributed by atoms with Gasteiger partial charge >= 0.3 is 5.97 Å². The topological polar surface area (TPSA) is 57.6 Å². The van der Waals surface area contributed by atoms with E-state index in [0.29, 0.717) is 5.56 Å².